The van der Waals surface area contributed by atoms with Crippen LogP contribution in [0.4, 0.5) is 0 Å². The lowest BCUT2D eigenvalue weighted by molar-refractivity contribution is -0.141. The van der Waals surface area contributed by atoms with Crippen molar-refractivity contribution in [1.29, 1.82) is 0 Å². The molecule has 0 fully saturated rings. The highest BCUT2D eigenvalue weighted by Crippen LogP contribution is 2.04. The highest BCUT2D eigenvalue weighted by molar-refractivity contribution is 5.73. The molecular weight excluding hydrogens is 216 g/mol. The van der Waals surface area contributed by atoms with Gasteiger partial charge in [-0.2, -0.15) is 0 Å². The molecule has 0 spiro atoms. The zero-order chi connectivity index (χ0) is 12.7. The van der Waals surface area contributed by atoms with Crippen molar-refractivity contribution in [2.24, 2.45) is 0 Å². The van der Waals surface area contributed by atoms with Crippen LogP contribution < -0.4 is 5.43 Å². The van der Waals surface area contributed by atoms with Gasteiger partial charge in [0.15, 0.2) is 0 Å². The van der Waals surface area contributed by atoms with E-state index in [0.717, 1.165) is 18.7 Å². The first-order valence-electron chi connectivity index (χ1n) is 5.95. The molecular formula is C13H20N2O2. The van der Waals surface area contributed by atoms with Crippen LogP contribution in [0.25, 0.3) is 0 Å². The summed E-state index contributed by atoms with van der Waals surface area (Å²) in [5, 5.41) is 11.1. The molecule has 0 saturated heterocycles. The van der Waals surface area contributed by atoms with E-state index in [2.05, 4.69) is 5.43 Å². The first kappa shape index (κ1) is 13.7. The van der Waals surface area contributed by atoms with Crippen molar-refractivity contribution in [3.63, 3.8) is 0 Å². The van der Waals surface area contributed by atoms with E-state index in [-0.39, 0.29) is 0 Å². The van der Waals surface area contributed by atoms with E-state index >= 15 is 0 Å². The van der Waals surface area contributed by atoms with Crippen LogP contribution in [0.3, 0.4) is 0 Å². The number of nitrogens with zero attached hydrogens (tertiary/aromatic N) is 1. The van der Waals surface area contributed by atoms with Gasteiger partial charge in [-0.3, -0.25) is 4.79 Å². The van der Waals surface area contributed by atoms with Crippen molar-refractivity contribution in [3.05, 3.63) is 35.9 Å². The minimum atomic E-state index is -0.819. The zero-order valence-electron chi connectivity index (χ0n) is 10.4. The molecule has 0 bridgehead atoms. The number of aliphatic carboxylic acids is 1. The third-order valence-corrected chi connectivity index (χ3v) is 2.68. The molecule has 17 heavy (non-hydrogen) atoms. The van der Waals surface area contributed by atoms with E-state index in [1.54, 1.807) is 0 Å². The Balaban J connectivity index is 2.64. The largest absolute Gasteiger partial charge is 0.480 e. The first-order chi connectivity index (χ1) is 8.17. The van der Waals surface area contributed by atoms with Gasteiger partial charge in [0.1, 0.15) is 6.04 Å². The van der Waals surface area contributed by atoms with E-state index in [1.807, 2.05) is 49.2 Å². The van der Waals surface area contributed by atoms with Gasteiger partial charge in [0.05, 0.1) is 0 Å². The Labute approximate surface area is 102 Å². The predicted octanol–water partition coefficient (Wildman–Crippen LogP) is 1.53. The molecule has 4 heteroatoms. The maximum absolute atomic E-state index is 11.2. The number of carboxylic acids is 1. The van der Waals surface area contributed by atoms with Gasteiger partial charge >= 0.3 is 5.97 Å². The number of benzene rings is 1. The summed E-state index contributed by atoms with van der Waals surface area (Å²) in [6, 6.07) is 9.09. The molecule has 0 aliphatic rings. The number of nitrogens with one attached hydrogen (secondary N) is 1. The van der Waals surface area contributed by atoms with Crippen molar-refractivity contribution < 1.29 is 9.90 Å². The number of hydrogen-bond donors (Lipinski definition) is 2. The second kappa shape index (κ2) is 7.04. The fourth-order valence-electron chi connectivity index (χ4n) is 1.66. The molecule has 0 aliphatic heterocycles. The molecule has 1 aromatic rings. The third-order valence-electron chi connectivity index (χ3n) is 2.68. The molecule has 0 unspecified atom stereocenters. The highest BCUT2D eigenvalue weighted by atomic mass is 16.4. The molecule has 1 rings (SSSR count). The molecule has 0 aromatic heterocycles. The maximum atomic E-state index is 11.2. The predicted molar refractivity (Wildman–Crippen MR) is 67.6 cm³/mol. The van der Waals surface area contributed by atoms with Crippen molar-refractivity contribution in [2.75, 3.05) is 13.1 Å². The highest BCUT2D eigenvalue weighted by Gasteiger charge is 2.19. The van der Waals surface area contributed by atoms with E-state index in [9.17, 15) is 9.90 Å². The van der Waals surface area contributed by atoms with E-state index in [4.69, 9.17) is 0 Å². The Hall–Kier alpha value is -1.39. The van der Waals surface area contributed by atoms with Gasteiger partial charge in [0.25, 0.3) is 0 Å². The monoisotopic (exact) mass is 236 g/mol. The Morgan fingerprint density at radius 1 is 1.29 bits per heavy atom. The SMILES string of the molecule is CCN(CC)N[C@@H](Cc1ccccc1)C(=O)O. The van der Waals surface area contributed by atoms with Crippen LogP contribution in [0.15, 0.2) is 30.3 Å². The standard InChI is InChI=1S/C13H20N2O2/c1-3-15(4-2)14-12(13(16)17)10-11-8-6-5-7-9-11/h5-9,12,14H,3-4,10H2,1-2H3,(H,16,17)/t12-/m0/s1. The quantitative estimate of drug-likeness (QED) is 0.705. The Bertz CT molecular complexity index is 337. The van der Waals surface area contributed by atoms with Crippen LogP contribution in [0.1, 0.15) is 19.4 Å². The maximum Gasteiger partial charge on any atom is 0.322 e. The summed E-state index contributed by atoms with van der Waals surface area (Å²) < 4.78 is 0. The minimum Gasteiger partial charge on any atom is -0.480 e. The van der Waals surface area contributed by atoms with Crippen LogP contribution in [-0.2, 0) is 11.2 Å². The summed E-state index contributed by atoms with van der Waals surface area (Å²) in [6.07, 6.45) is 0.493. The number of hydrogen-bond acceptors (Lipinski definition) is 3. The van der Waals surface area contributed by atoms with Crippen LogP contribution >= 0.6 is 0 Å². The molecule has 1 atom stereocenters. The first-order valence-corrected chi connectivity index (χ1v) is 5.95. The normalized spacial score (nSPS) is 12.6. The third kappa shape index (κ3) is 4.54. The summed E-state index contributed by atoms with van der Waals surface area (Å²) in [4.78, 5) is 11.2. The Kier molecular flexibility index (Phi) is 5.66. The van der Waals surface area contributed by atoms with Gasteiger partial charge in [-0.25, -0.2) is 10.4 Å². The van der Waals surface area contributed by atoms with Crippen molar-refractivity contribution in [1.82, 2.24) is 10.4 Å². The lowest BCUT2D eigenvalue weighted by Crippen LogP contribution is -2.49. The van der Waals surface area contributed by atoms with Gasteiger partial charge in [-0.1, -0.05) is 44.2 Å². The van der Waals surface area contributed by atoms with Crippen molar-refractivity contribution in [3.8, 4) is 0 Å². The second-order valence-corrected chi connectivity index (χ2v) is 3.88. The molecule has 0 amide bonds. The minimum absolute atomic E-state index is 0.493. The lowest BCUT2D eigenvalue weighted by atomic mass is 10.1. The summed E-state index contributed by atoms with van der Waals surface area (Å²) in [5.74, 6) is -0.819. The molecule has 4 nitrogen and oxygen atoms in total. The van der Waals surface area contributed by atoms with Gasteiger partial charge in [-0.15, -0.1) is 0 Å². The molecule has 0 radical (unpaired) electrons. The number of hydrazine groups is 1. The van der Waals surface area contributed by atoms with Gasteiger partial charge in [-0.05, 0) is 12.0 Å². The fraction of sp³-hybridized carbons (Fsp3) is 0.462. The molecule has 0 aliphatic carbocycles. The van der Waals surface area contributed by atoms with Crippen LogP contribution in [0.2, 0.25) is 0 Å². The van der Waals surface area contributed by atoms with E-state index in [0.29, 0.717) is 6.42 Å². The summed E-state index contributed by atoms with van der Waals surface area (Å²) in [7, 11) is 0. The van der Waals surface area contributed by atoms with E-state index < -0.39 is 12.0 Å². The number of carbonyl (C=O) groups is 1. The second-order valence-electron chi connectivity index (χ2n) is 3.88. The topological polar surface area (TPSA) is 52.6 Å². The average Bonchev–Trinajstić information content (AvgIpc) is 2.35. The summed E-state index contributed by atoms with van der Waals surface area (Å²) in [5.41, 5.74) is 4.06. The Morgan fingerprint density at radius 2 is 1.88 bits per heavy atom. The van der Waals surface area contributed by atoms with E-state index in [1.165, 1.54) is 0 Å². The van der Waals surface area contributed by atoms with Gasteiger partial charge in [0, 0.05) is 13.1 Å². The van der Waals surface area contributed by atoms with Crippen LogP contribution in [0, 0.1) is 0 Å². The molecule has 94 valence electrons. The van der Waals surface area contributed by atoms with Gasteiger partial charge < -0.3 is 5.11 Å². The molecule has 1 aromatic carbocycles. The summed E-state index contributed by atoms with van der Waals surface area (Å²) in [6.45, 7) is 5.57. The van der Waals surface area contributed by atoms with Crippen LogP contribution in [-0.4, -0.2) is 35.2 Å². The average molecular weight is 236 g/mol. The number of rotatable bonds is 7. The number of carboxylic acid groups (broad SMARTS) is 1. The molecule has 0 heterocycles. The molecule has 0 saturated carbocycles. The van der Waals surface area contributed by atoms with Crippen LogP contribution in [0.5, 0.6) is 0 Å². The Morgan fingerprint density at radius 3 is 2.35 bits per heavy atom. The zero-order valence-corrected chi connectivity index (χ0v) is 10.4. The van der Waals surface area contributed by atoms with Crippen molar-refractivity contribution in [2.45, 2.75) is 26.3 Å². The smallest absolute Gasteiger partial charge is 0.322 e. The fourth-order valence-corrected chi connectivity index (χ4v) is 1.66. The van der Waals surface area contributed by atoms with Gasteiger partial charge in [0.2, 0.25) is 0 Å². The summed E-state index contributed by atoms with van der Waals surface area (Å²) >= 11 is 0. The van der Waals surface area contributed by atoms with Crippen molar-refractivity contribution >= 4 is 5.97 Å². The molecule has 2 N–H and O–H groups in total. The lowest BCUT2D eigenvalue weighted by Gasteiger charge is -2.24.